The van der Waals surface area contributed by atoms with Gasteiger partial charge in [-0.3, -0.25) is 9.59 Å². The normalized spacial score (nSPS) is 17.4. The van der Waals surface area contributed by atoms with Gasteiger partial charge in [0.25, 0.3) is 11.8 Å². The van der Waals surface area contributed by atoms with Crippen molar-refractivity contribution < 1.29 is 28.5 Å². The number of benzene rings is 5. The summed E-state index contributed by atoms with van der Waals surface area (Å²) in [6.45, 7) is 6.37. The van der Waals surface area contributed by atoms with Crippen molar-refractivity contribution >= 4 is 67.9 Å². The standard InChI is InChI=1S/C48H50N4O6S3/c1-48(2,61-59-5)28-60-27-31-15-29(25-57-44-21-38-36(19-42(44)55-3)46(53)51-34(23-49-38)17-32-10-6-8-12-40(32)51)14-30(16-31)26-58-45-22-39-37(20-43(45)56-4)47(54)52-35(24-50-39)18-33-11-7-9-13-41(33)52/h6-16,19-22,34-35,49-50H,17-18,23-28H2,1-5H3/t34-,35-/m0/s1. The van der Waals surface area contributed by atoms with Crippen LogP contribution in [0.4, 0.5) is 22.7 Å². The van der Waals surface area contributed by atoms with Gasteiger partial charge in [-0.05, 0) is 91.1 Å². The minimum Gasteiger partial charge on any atom is -0.493 e. The number of thioether (sulfide) groups is 1. The molecule has 0 radical (unpaired) electrons. The summed E-state index contributed by atoms with van der Waals surface area (Å²) < 4.78 is 24.9. The lowest BCUT2D eigenvalue weighted by molar-refractivity contribution is 0.0975. The van der Waals surface area contributed by atoms with Crippen LogP contribution in [0.2, 0.25) is 0 Å². The predicted octanol–water partition coefficient (Wildman–Crippen LogP) is 9.88. The second kappa shape index (κ2) is 17.3. The number of ether oxygens (including phenoxy) is 4. The number of carbonyl (C=O) groups excluding carboxylic acids is 2. The van der Waals surface area contributed by atoms with E-state index in [1.807, 2.05) is 80.9 Å². The lowest BCUT2D eigenvalue weighted by atomic mass is 10.1. The zero-order valence-electron chi connectivity index (χ0n) is 35.0. The molecule has 0 spiro atoms. The topological polar surface area (TPSA) is 102 Å². The zero-order chi connectivity index (χ0) is 42.3. The maximum Gasteiger partial charge on any atom is 0.260 e. The Labute approximate surface area is 369 Å². The van der Waals surface area contributed by atoms with E-state index in [1.54, 1.807) is 37.1 Å². The van der Waals surface area contributed by atoms with Crippen LogP contribution in [0.3, 0.4) is 0 Å². The Morgan fingerprint density at radius 1 is 0.656 bits per heavy atom. The number of amides is 2. The van der Waals surface area contributed by atoms with E-state index in [0.29, 0.717) is 47.2 Å². The quantitative estimate of drug-likeness (QED) is 0.104. The SMILES string of the molecule is COc1cc2c(cc1OCc1cc(COc3cc4c(cc3OC)C(=O)N3c5ccccc5C[C@H]3CN4)cc(CSCC(C)(C)SSC)c1)NC[C@@H]1Cc3ccccc3N1C2=O. The highest BCUT2D eigenvalue weighted by molar-refractivity contribution is 8.77. The molecular weight excluding hydrogens is 825 g/mol. The van der Waals surface area contributed by atoms with Gasteiger partial charge in [0.2, 0.25) is 0 Å². The van der Waals surface area contributed by atoms with Crippen molar-refractivity contribution in [2.75, 3.05) is 59.8 Å². The third kappa shape index (κ3) is 8.32. The molecule has 316 valence electrons. The highest BCUT2D eigenvalue weighted by atomic mass is 33.1. The van der Waals surface area contributed by atoms with Crippen LogP contribution in [0.15, 0.2) is 91.0 Å². The van der Waals surface area contributed by atoms with Gasteiger partial charge in [0.15, 0.2) is 23.0 Å². The van der Waals surface area contributed by atoms with Crippen molar-refractivity contribution in [2.45, 2.75) is 62.5 Å². The van der Waals surface area contributed by atoms with Gasteiger partial charge in [-0.25, -0.2) is 0 Å². The number of carbonyl (C=O) groups is 2. The summed E-state index contributed by atoms with van der Waals surface area (Å²) in [4.78, 5) is 31.9. The summed E-state index contributed by atoms with van der Waals surface area (Å²) in [6, 6.07) is 30.2. The molecule has 0 unspecified atom stereocenters. The van der Waals surface area contributed by atoms with Gasteiger partial charge < -0.3 is 39.4 Å². The molecule has 0 saturated heterocycles. The number of hydrogen-bond donors (Lipinski definition) is 2. The number of hydrogen-bond acceptors (Lipinski definition) is 11. The first-order chi connectivity index (χ1) is 29.6. The molecule has 0 aromatic heterocycles. The fourth-order valence-electron chi connectivity index (χ4n) is 8.90. The van der Waals surface area contributed by atoms with E-state index in [-0.39, 0.29) is 41.9 Å². The molecule has 2 N–H and O–H groups in total. The molecule has 0 saturated carbocycles. The lowest BCUT2D eigenvalue weighted by Crippen LogP contribution is -2.39. The Bertz CT molecular complexity index is 2340. The number of methoxy groups -OCH3 is 2. The van der Waals surface area contributed by atoms with Crippen molar-refractivity contribution in [1.29, 1.82) is 0 Å². The monoisotopic (exact) mass is 874 g/mol. The van der Waals surface area contributed by atoms with E-state index in [0.717, 1.165) is 58.2 Å². The molecule has 0 bridgehead atoms. The Morgan fingerprint density at radius 2 is 1.13 bits per heavy atom. The number of nitrogens with zero attached hydrogens (tertiary/aromatic N) is 2. The first-order valence-electron chi connectivity index (χ1n) is 20.5. The molecule has 4 aliphatic rings. The van der Waals surface area contributed by atoms with E-state index in [1.165, 1.54) is 16.7 Å². The maximum absolute atomic E-state index is 14.0. The summed E-state index contributed by atoms with van der Waals surface area (Å²) in [5, 5.41) is 7.08. The Morgan fingerprint density at radius 3 is 1.61 bits per heavy atom. The van der Waals surface area contributed by atoms with Crippen LogP contribution >= 0.6 is 33.3 Å². The summed E-state index contributed by atoms with van der Waals surface area (Å²) in [5.41, 5.74) is 10.0. The van der Waals surface area contributed by atoms with Gasteiger partial charge in [-0.1, -0.05) is 70.1 Å². The highest BCUT2D eigenvalue weighted by Gasteiger charge is 2.39. The Hall–Kier alpha value is -5.11. The molecule has 0 aliphatic carbocycles. The molecule has 5 aromatic carbocycles. The number of rotatable bonds is 14. The maximum atomic E-state index is 14.0. The summed E-state index contributed by atoms with van der Waals surface area (Å²) >= 11 is 1.91. The van der Waals surface area contributed by atoms with Crippen LogP contribution in [-0.2, 0) is 31.8 Å². The van der Waals surface area contributed by atoms with E-state index in [2.05, 4.69) is 61.1 Å². The van der Waals surface area contributed by atoms with Gasteiger partial charge in [0, 0.05) is 52.8 Å². The molecule has 2 atom stereocenters. The second-order valence-corrected chi connectivity index (χ2v) is 20.5. The van der Waals surface area contributed by atoms with Crippen molar-refractivity contribution in [3.63, 3.8) is 0 Å². The number of fused-ring (bicyclic) bond motifs is 8. The minimum absolute atomic E-state index is 0.0270. The first-order valence-corrected chi connectivity index (χ1v) is 24.3. The fourth-order valence-corrected chi connectivity index (χ4v) is 12.6. The van der Waals surface area contributed by atoms with E-state index < -0.39 is 0 Å². The summed E-state index contributed by atoms with van der Waals surface area (Å²) in [6.07, 6.45) is 3.74. The van der Waals surface area contributed by atoms with Crippen molar-refractivity contribution in [3.8, 4) is 23.0 Å². The van der Waals surface area contributed by atoms with E-state index >= 15 is 0 Å². The first kappa shape index (κ1) is 41.3. The van der Waals surface area contributed by atoms with Crippen molar-refractivity contribution in [1.82, 2.24) is 0 Å². The number of nitrogens with one attached hydrogen (secondary N) is 2. The molecule has 13 heteroatoms. The third-order valence-corrected chi connectivity index (χ3v) is 15.9. The van der Waals surface area contributed by atoms with Crippen LogP contribution in [0, 0.1) is 0 Å². The van der Waals surface area contributed by atoms with Crippen LogP contribution in [-0.4, -0.2) is 68.0 Å². The van der Waals surface area contributed by atoms with Gasteiger partial charge in [0.1, 0.15) is 13.2 Å². The average molecular weight is 875 g/mol. The van der Waals surface area contributed by atoms with Crippen LogP contribution in [0.25, 0.3) is 0 Å². The summed E-state index contributed by atoms with van der Waals surface area (Å²) in [5.74, 6) is 3.82. The Balaban J connectivity index is 0.957. The molecule has 4 aliphatic heterocycles. The van der Waals surface area contributed by atoms with E-state index in [4.69, 9.17) is 18.9 Å². The van der Waals surface area contributed by atoms with Crippen molar-refractivity contribution in [3.05, 3.63) is 130 Å². The molecular formula is C48H50N4O6S3. The van der Waals surface area contributed by atoms with Gasteiger partial charge in [-0.15, -0.1) is 0 Å². The van der Waals surface area contributed by atoms with Gasteiger partial charge in [-0.2, -0.15) is 11.8 Å². The average Bonchev–Trinajstić information content (AvgIpc) is 3.75. The molecule has 0 fully saturated rings. The molecule has 9 rings (SSSR count). The van der Waals surface area contributed by atoms with Crippen LogP contribution < -0.4 is 39.4 Å². The minimum atomic E-state index is -0.0478. The van der Waals surface area contributed by atoms with E-state index in [9.17, 15) is 9.59 Å². The number of para-hydroxylation sites is 2. The number of anilines is 4. The third-order valence-electron chi connectivity index (χ3n) is 11.6. The lowest BCUT2D eigenvalue weighted by Gasteiger charge is -2.23. The summed E-state index contributed by atoms with van der Waals surface area (Å²) in [7, 11) is 6.90. The zero-order valence-corrected chi connectivity index (χ0v) is 37.5. The molecule has 2 amide bonds. The van der Waals surface area contributed by atoms with Crippen LogP contribution in [0.5, 0.6) is 23.0 Å². The molecule has 61 heavy (non-hydrogen) atoms. The molecule has 4 heterocycles. The van der Waals surface area contributed by atoms with Crippen LogP contribution in [0.1, 0.15) is 62.4 Å². The van der Waals surface area contributed by atoms with Gasteiger partial charge >= 0.3 is 0 Å². The largest absolute Gasteiger partial charge is 0.493 e. The molecule has 10 nitrogen and oxygen atoms in total. The smallest absolute Gasteiger partial charge is 0.260 e. The Kier molecular flexibility index (Phi) is 11.7. The second-order valence-electron chi connectivity index (χ2n) is 16.4. The van der Waals surface area contributed by atoms with Crippen molar-refractivity contribution in [2.24, 2.45) is 0 Å². The highest BCUT2D eigenvalue weighted by Crippen LogP contribution is 2.43. The molecule has 5 aromatic rings. The van der Waals surface area contributed by atoms with Gasteiger partial charge in [0.05, 0.1) is 48.8 Å². The predicted molar refractivity (Wildman–Crippen MR) is 251 cm³/mol. The fraction of sp³-hybridized carbons (Fsp3) is 0.333.